The van der Waals surface area contributed by atoms with Gasteiger partial charge < -0.3 is 9.72 Å². The minimum Gasteiger partial charge on any atom is -0.443 e. The highest BCUT2D eigenvalue weighted by Gasteiger charge is 2.07. The van der Waals surface area contributed by atoms with Crippen molar-refractivity contribution in [1.29, 1.82) is 0 Å². The van der Waals surface area contributed by atoms with Crippen molar-refractivity contribution in [3.05, 3.63) is 71.9 Å². The van der Waals surface area contributed by atoms with Crippen LogP contribution in [0.4, 0.5) is 4.79 Å². The van der Waals surface area contributed by atoms with Crippen LogP contribution in [0, 0.1) is 0 Å². The van der Waals surface area contributed by atoms with Gasteiger partial charge in [0, 0.05) is 22.7 Å². The summed E-state index contributed by atoms with van der Waals surface area (Å²) in [6, 6.07) is 17.4. The number of amides is 1. The molecule has 5 nitrogen and oxygen atoms in total. The highest BCUT2D eigenvalue weighted by Crippen LogP contribution is 2.18. The maximum atomic E-state index is 11.7. The summed E-state index contributed by atoms with van der Waals surface area (Å²) in [5, 5.41) is 5.16. The number of hydrazone groups is 1. The van der Waals surface area contributed by atoms with Crippen LogP contribution in [-0.2, 0) is 11.3 Å². The molecule has 0 saturated heterocycles. The van der Waals surface area contributed by atoms with Gasteiger partial charge in [0.05, 0.1) is 5.71 Å². The fourth-order valence-electron chi connectivity index (χ4n) is 2.32. The van der Waals surface area contributed by atoms with Crippen molar-refractivity contribution >= 4 is 22.7 Å². The Balaban J connectivity index is 1.61. The van der Waals surface area contributed by atoms with Gasteiger partial charge >= 0.3 is 6.09 Å². The van der Waals surface area contributed by atoms with E-state index >= 15 is 0 Å². The quantitative estimate of drug-likeness (QED) is 0.568. The third-order valence-electron chi connectivity index (χ3n) is 3.51. The molecule has 0 aliphatic rings. The molecule has 2 aromatic carbocycles. The Bertz CT molecular complexity index is 838. The Morgan fingerprint density at radius 1 is 1.13 bits per heavy atom. The molecule has 1 heterocycles. The maximum absolute atomic E-state index is 11.7. The molecule has 1 amide bonds. The number of fused-ring (bicyclic) bond motifs is 1. The van der Waals surface area contributed by atoms with Crippen LogP contribution in [-0.4, -0.2) is 16.8 Å². The second kappa shape index (κ2) is 6.79. The van der Waals surface area contributed by atoms with Crippen LogP contribution in [0.1, 0.15) is 18.1 Å². The van der Waals surface area contributed by atoms with Crippen molar-refractivity contribution in [3.63, 3.8) is 0 Å². The number of para-hydroxylation sites is 1. The van der Waals surface area contributed by atoms with E-state index in [0.717, 1.165) is 22.0 Å². The minimum atomic E-state index is -0.576. The van der Waals surface area contributed by atoms with Crippen molar-refractivity contribution in [2.45, 2.75) is 13.5 Å². The number of H-pyrrole nitrogens is 1. The number of nitrogens with one attached hydrogen (secondary N) is 2. The molecular weight excluding hydrogens is 290 g/mol. The third-order valence-corrected chi connectivity index (χ3v) is 3.51. The molecule has 0 saturated carbocycles. The Morgan fingerprint density at radius 3 is 2.70 bits per heavy atom. The van der Waals surface area contributed by atoms with Crippen molar-refractivity contribution in [3.8, 4) is 0 Å². The van der Waals surface area contributed by atoms with E-state index in [1.807, 2.05) is 67.7 Å². The molecule has 116 valence electrons. The lowest BCUT2D eigenvalue weighted by atomic mass is 10.1. The van der Waals surface area contributed by atoms with Crippen LogP contribution in [0.15, 0.2) is 65.9 Å². The number of rotatable bonds is 4. The largest absolute Gasteiger partial charge is 0.443 e. The summed E-state index contributed by atoms with van der Waals surface area (Å²) in [5.41, 5.74) is 6.04. The van der Waals surface area contributed by atoms with Gasteiger partial charge in [0.25, 0.3) is 0 Å². The number of hydrogen-bond acceptors (Lipinski definition) is 3. The van der Waals surface area contributed by atoms with Crippen LogP contribution >= 0.6 is 0 Å². The molecule has 0 aliphatic carbocycles. The molecule has 0 unspecified atom stereocenters. The molecule has 23 heavy (non-hydrogen) atoms. The summed E-state index contributed by atoms with van der Waals surface area (Å²) >= 11 is 0. The van der Waals surface area contributed by atoms with Crippen LogP contribution < -0.4 is 5.43 Å². The standard InChI is InChI=1S/C18H17N3O2/c1-13(16-11-19-17-10-6-5-9-15(16)17)20-21-18(22)23-12-14-7-3-2-4-8-14/h2-11,19H,12H2,1H3,(H,21,22). The predicted molar refractivity (Wildman–Crippen MR) is 90.3 cm³/mol. The van der Waals surface area contributed by atoms with Gasteiger partial charge in [-0.2, -0.15) is 5.10 Å². The fourth-order valence-corrected chi connectivity index (χ4v) is 2.32. The van der Waals surface area contributed by atoms with Gasteiger partial charge in [-0.1, -0.05) is 48.5 Å². The topological polar surface area (TPSA) is 66.5 Å². The first kappa shape index (κ1) is 14.8. The zero-order chi connectivity index (χ0) is 16.1. The number of ether oxygens (including phenoxy) is 1. The van der Waals surface area contributed by atoms with Crippen LogP contribution in [0.2, 0.25) is 0 Å². The Hall–Kier alpha value is -3.08. The maximum Gasteiger partial charge on any atom is 0.428 e. The van der Waals surface area contributed by atoms with E-state index in [4.69, 9.17) is 4.74 Å². The highest BCUT2D eigenvalue weighted by molar-refractivity contribution is 6.09. The molecule has 0 bridgehead atoms. The first-order chi connectivity index (χ1) is 11.2. The SMILES string of the molecule is CC(=NNC(=O)OCc1ccccc1)c1c[nH]c2ccccc12. The number of carbonyl (C=O) groups is 1. The predicted octanol–water partition coefficient (Wildman–Crippen LogP) is 3.82. The van der Waals surface area contributed by atoms with Gasteiger partial charge in [-0.15, -0.1) is 0 Å². The van der Waals surface area contributed by atoms with E-state index in [-0.39, 0.29) is 6.61 Å². The lowest BCUT2D eigenvalue weighted by molar-refractivity contribution is 0.140. The van der Waals surface area contributed by atoms with E-state index in [9.17, 15) is 4.79 Å². The average molecular weight is 307 g/mol. The number of nitrogens with zero attached hydrogens (tertiary/aromatic N) is 1. The molecule has 3 rings (SSSR count). The molecule has 0 spiro atoms. The first-order valence-electron chi connectivity index (χ1n) is 7.31. The van der Waals surface area contributed by atoms with Crippen molar-refractivity contribution in [2.75, 3.05) is 0 Å². The van der Waals surface area contributed by atoms with E-state index in [1.54, 1.807) is 0 Å². The molecule has 0 radical (unpaired) electrons. The van der Waals surface area contributed by atoms with Crippen LogP contribution in [0.5, 0.6) is 0 Å². The normalized spacial score (nSPS) is 11.4. The highest BCUT2D eigenvalue weighted by atomic mass is 16.5. The molecule has 5 heteroatoms. The summed E-state index contributed by atoms with van der Waals surface area (Å²) < 4.78 is 5.12. The fraction of sp³-hybridized carbons (Fsp3) is 0.111. The summed E-state index contributed by atoms with van der Waals surface area (Å²) in [6.07, 6.45) is 1.30. The molecule has 2 N–H and O–H groups in total. The lowest BCUT2D eigenvalue weighted by Gasteiger charge is -2.04. The molecule has 1 aromatic heterocycles. The minimum absolute atomic E-state index is 0.217. The lowest BCUT2D eigenvalue weighted by Crippen LogP contribution is -2.20. The van der Waals surface area contributed by atoms with Crippen LogP contribution in [0.3, 0.4) is 0 Å². The Morgan fingerprint density at radius 2 is 1.87 bits per heavy atom. The molecule has 3 aromatic rings. The summed E-state index contributed by atoms with van der Waals surface area (Å²) in [6.45, 7) is 2.06. The number of aromatic nitrogens is 1. The van der Waals surface area contributed by atoms with Crippen molar-refractivity contribution in [1.82, 2.24) is 10.4 Å². The number of hydrogen-bond donors (Lipinski definition) is 2. The van der Waals surface area contributed by atoms with E-state index in [1.165, 1.54) is 0 Å². The summed E-state index contributed by atoms with van der Waals surface area (Å²) in [4.78, 5) is 14.9. The second-order valence-electron chi connectivity index (χ2n) is 5.12. The summed E-state index contributed by atoms with van der Waals surface area (Å²) in [7, 11) is 0. The van der Waals surface area contributed by atoms with E-state index < -0.39 is 6.09 Å². The first-order valence-corrected chi connectivity index (χ1v) is 7.31. The van der Waals surface area contributed by atoms with Gasteiger partial charge in [0.2, 0.25) is 0 Å². The smallest absolute Gasteiger partial charge is 0.428 e. The Kier molecular flexibility index (Phi) is 4.38. The Labute approximate surface area is 134 Å². The molecular formula is C18H17N3O2. The monoisotopic (exact) mass is 307 g/mol. The van der Waals surface area contributed by atoms with Crippen molar-refractivity contribution < 1.29 is 9.53 Å². The van der Waals surface area contributed by atoms with Gasteiger partial charge in [-0.3, -0.25) is 0 Å². The third kappa shape index (κ3) is 3.58. The summed E-state index contributed by atoms with van der Waals surface area (Å²) in [5.74, 6) is 0. The van der Waals surface area contributed by atoms with Crippen LogP contribution in [0.25, 0.3) is 10.9 Å². The molecule has 0 fully saturated rings. The second-order valence-corrected chi connectivity index (χ2v) is 5.12. The van der Waals surface area contributed by atoms with Gasteiger partial charge in [-0.25, -0.2) is 10.2 Å². The van der Waals surface area contributed by atoms with Crippen molar-refractivity contribution in [2.24, 2.45) is 5.10 Å². The van der Waals surface area contributed by atoms with Gasteiger partial charge in [0.1, 0.15) is 6.61 Å². The number of aromatic amines is 1. The zero-order valence-electron chi connectivity index (χ0n) is 12.7. The van der Waals surface area contributed by atoms with E-state index in [2.05, 4.69) is 15.5 Å². The number of carbonyl (C=O) groups excluding carboxylic acids is 1. The zero-order valence-corrected chi connectivity index (χ0v) is 12.7. The average Bonchev–Trinajstić information content (AvgIpc) is 3.03. The number of benzene rings is 2. The van der Waals surface area contributed by atoms with E-state index in [0.29, 0.717) is 5.71 Å². The van der Waals surface area contributed by atoms with Gasteiger partial charge in [0.15, 0.2) is 0 Å². The van der Waals surface area contributed by atoms with Gasteiger partial charge in [-0.05, 0) is 18.6 Å². The molecule has 0 atom stereocenters. The molecule has 0 aliphatic heterocycles.